The molecule has 2 aromatic rings. The van der Waals surface area contributed by atoms with Crippen molar-refractivity contribution in [2.75, 3.05) is 11.9 Å². The molecule has 0 spiro atoms. The predicted octanol–water partition coefficient (Wildman–Crippen LogP) is 0.379. The first-order chi connectivity index (χ1) is 11.3. The van der Waals surface area contributed by atoms with Gasteiger partial charge < -0.3 is 10.4 Å². The van der Waals surface area contributed by atoms with Gasteiger partial charge in [0.1, 0.15) is 11.9 Å². The highest BCUT2D eigenvalue weighted by atomic mass is 19.2. The van der Waals surface area contributed by atoms with E-state index < -0.39 is 29.0 Å². The van der Waals surface area contributed by atoms with E-state index in [0.717, 1.165) is 21.3 Å². The molecule has 0 aliphatic heterocycles. The summed E-state index contributed by atoms with van der Waals surface area (Å²) in [5.74, 6) is -2.21. The first-order valence-electron chi connectivity index (χ1n) is 6.85. The van der Waals surface area contributed by atoms with Crippen molar-refractivity contribution in [3.8, 4) is 6.07 Å². The molecular formula is C15H14F2N4O3. The van der Waals surface area contributed by atoms with Crippen molar-refractivity contribution in [3.63, 3.8) is 0 Å². The van der Waals surface area contributed by atoms with Crippen LogP contribution in [0.25, 0.3) is 0 Å². The molecule has 1 aromatic carbocycles. The first-order valence-corrected chi connectivity index (χ1v) is 6.85. The smallest absolute Gasteiger partial charge is 0.332 e. The summed E-state index contributed by atoms with van der Waals surface area (Å²) in [6, 6.07) is 4.63. The third-order valence-electron chi connectivity index (χ3n) is 3.57. The van der Waals surface area contributed by atoms with Crippen LogP contribution in [0.15, 0.2) is 27.8 Å². The van der Waals surface area contributed by atoms with Crippen LogP contribution in [0.4, 0.5) is 14.6 Å². The zero-order valence-corrected chi connectivity index (χ0v) is 12.9. The number of anilines is 1. The van der Waals surface area contributed by atoms with Crippen LogP contribution >= 0.6 is 0 Å². The van der Waals surface area contributed by atoms with Gasteiger partial charge in [-0.1, -0.05) is 6.07 Å². The summed E-state index contributed by atoms with van der Waals surface area (Å²) in [4.78, 5) is 23.8. The lowest BCUT2D eigenvalue weighted by molar-refractivity contribution is 0.190. The molecule has 0 fully saturated rings. The molecule has 0 aliphatic rings. The van der Waals surface area contributed by atoms with Crippen LogP contribution in [0.1, 0.15) is 17.2 Å². The normalized spacial score (nSPS) is 11.8. The maximum Gasteiger partial charge on any atom is 0.332 e. The standard InChI is InChI=1S/C15H14F2N4O3/c1-20-13(9(6-18)14(23)21(2)15(20)24)19-7-12(22)8-3-4-10(16)11(17)5-8/h3-5,12,19,22H,7H2,1-2H3/t12-/m1/s1. The molecule has 7 nitrogen and oxygen atoms in total. The summed E-state index contributed by atoms with van der Waals surface area (Å²) < 4.78 is 27.9. The van der Waals surface area contributed by atoms with Crippen molar-refractivity contribution >= 4 is 5.82 Å². The molecule has 0 saturated heterocycles. The fourth-order valence-electron chi connectivity index (χ4n) is 2.18. The highest BCUT2D eigenvalue weighted by Gasteiger charge is 2.17. The van der Waals surface area contributed by atoms with E-state index in [1.807, 2.05) is 0 Å². The molecule has 0 saturated carbocycles. The van der Waals surface area contributed by atoms with Crippen molar-refractivity contribution in [1.29, 1.82) is 5.26 Å². The molecule has 24 heavy (non-hydrogen) atoms. The number of hydrogen-bond donors (Lipinski definition) is 2. The summed E-state index contributed by atoms with van der Waals surface area (Å²) in [6.07, 6.45) is -1.24. The minimum Gasteiger partial charge on any atom is -0.387 e. The van der Waals surface area contributed by atoms with E-state index in [4.69, 9.17) is 5.26 Å². The summed E-state index contributed by atoms with van der Waals surface area (Å²) in [7, 11) is 2.60. The van der Waals surface area contributed by atoms with Gasteiger partial charge in [-0.15, -0.1) is 0 Å². The molecule has 0 aliphatic carbocycles. The first kappa shape index (κ1) is 17.4. The van der Waals surface area contributed by atoms with Gasteiger partial charge in [0.05, 0.1) is 6.10 Å². The fourth-order valence-corrected chi connectivity index (χ4v) is 2.18. The van der Waals surface area contributed by atoms with Crippen LogP contribution < -0.4 is 16.6 Å². The van der Waals surface area contributed by atoms with E-state index in [-0.39, 0.29) is 23.5 Å². The Kier molecular flexibility index (Phi) is 4.80. The van der Waals surface area contributed by atoms with E-state index in [1.165, 1.54) is 20.2 Å². The number of nitrogens with one attached hydrogen (secondary N) is 1. The number of nitrogens with zero attached hydrogens (tertiary/aromatic N) is 3. The van der Waals surface area contributed by atoms with E-state index in [2.05, 4.69) is 5.32 Å². The molecule has 0 amide bonds. The number of aromatic nitrogens is 2. The molecule has 2 N–H and O–H groups in total. The number of halogens is 2. The van der Waals surface area contributed by atoms with Gasteiger partial charge in [0.15, 0.2) is 17.2 Å². The van der Waals surface area contributed by atoms with Gasteiger partial charge in [0.2, 0.25) is 0 Å². The molecule has 0 unspecified atom stereocenters. The quantitative estimate of drug-likeness (QED) is 0.841. The highest BCUT2D eigenvalue weighted by Crippen LogP contribution is 2.17. The Morgan fingerprint density at radius 3 is 2.50 bits per heavy atom. The lowest BCUT2D eigenvalue weighted by atomic mass is 10.1. The Labute approximate surface area is 135 Å². The summed E-state index contributed by atoms with van der Waals surface area (Å²) in [5, 5.41) is 21.8. The Morgan fingerprint density at radius 2 is 1.92 bits per heavy atom. The van der Waals surface area contributed by atoms with Gasteiger partial charge >= 0.3 is 5.69 Å². The summed E-state index contributed by atoms with van der Waals surface area (Å²) in [5.41, 5.74) is -1.61. The maximum absolute atomic E-state index is 13.2. The molecule has 126 valence electrons. The monoisotopic (exact) mass is 336 g/mol. The topological polar surface area (TPSA) is 100 Å². The largest absolute Gasteiger partial charge is 0.387 e. The average molecular weight is 336 g/mol. The van der Waals surface area contributed by atoms with Crippen molar-refractivity contribution < 1.29 is 13.9 Å². The van der Waals surface area contributed by atoms with Crippen LogP contribution in [0.5, 0.6) is 0 Å². The number of hydrogen-bond acceptors (Lipinski definition) is 5. The molecule has 0 radical (unpaired) electrons. The Morgan fingerprint density at radius 1 is 1.25 bits per heavy atom. The molecule has 1 heterocycles. The van der Waals surface area contributed by atoms with Gasteiger partial charge in [-0.05, 0) is 17.7 Å². The number of benzene rings is 1. The minimum atomic E-state index is -1.24. The molecule has 9 heteroatoms. The maximum atomic E-state index is 13.2. The highest BCUT2D eigenvalue weighted by molar-refractivity contribution is 5.51. The van der Waals surface area contributed by atoms with Gasteiger partial charge in [0, 0.05) is 20.6 Å². The number of rotatable bonds is 4. The van der Waals surface area contributed by atoms with Crippen molar-refractivity contribution in [2.45, 2.75) is 6.10 Å². The van der Waals surface area contributed by atoms with E-state index in [0.29, 0.717) is 0 Å². The van der Waals surface area contributed by atoms with Crippen molar-refractivity contribution in [2.24, 2.45) is 14.1 Å². The lowest BCUT2D eigenvalue weighted by Gasteiger charge is -2.17. The number of nitriles is 1. The summed E-state index contributed by atoms with van der Waals surface area (Å²) >= 11 is 0. The molecular weight excluding hydrogens is 322 g/mol. The van der Waals surface area contributed by atoms with Crippen LogP contribution in [-0.4, -0.2) is 20.8 Å². The van der Waals surface area contributed by atoms with Gasteiger partial charge in [-0.2, -0.15) is 5.26 Å². The Balaban J connectivity index is 2.32. The second kappa shape index (κ2) is 6.64. The van der Waals surface area contributed by atoms with Gasteiger partial charge in [-0.25, -0.2) is 13.6 Å². The minimum absolute atomic E-state index is 0.0627. The Hall–Kier alpha value is -2.99. The Bertz CT molecular complexity index is 943. The predicted molar refractivity (Wildman–Crippen MR) is 81.4 cm³/mol. The van der Waals surface area contributed by atoms with E-state index in [9.17, 15) is 23.5 Å². The zero-order valence-electron chi connectivity index (χ0n) is 12.9. The molecule has 2 rings (SSSR count). The van der Waals surface area contributed by atoms with Crippen LogP contribution in [-0.2, 0) is 14.1 Å². The third kappa shape index (κ3) is 3.04. The molecule has 1 aromatic heterocycles. The summed E-state index contributed by atoms with van der Waals surface area (Å²) in [6.45, 7) is -0.222. The second-order valence-electron chi connectivity index (χ2n) is 5.11. The van der Waals surface area contributed by atoms with Crippen LogP contribution in [0.3, 0.4) is 0 Å². The van der Waals surface area contributed by atoms with E-state index in [1.54, 1.807) is 6.07 Å². The van der Waals surface area contributed by atoms with Gasteiger partial charge in [0.25, 0.3) is 5.56 Å². The molecule has 0 bridgehead atoms. The van der Waals surface area contributed by atoms with E-state index >= 15 is 0 Å². The van der Waals surface area contributed by atoms with Gasteiger partial charge in [-0.3, -0.25) is 13.9 Å². The molecule has 1 atom stereocenters. The van der Waals surface area contributed by atoms with Crippen LogP contribution in [0.2, 0.25) is 0 Å². The van der Waals surface area contributed by atoms with Crippen molar-refractivity contribution in [3.05, 3.63) is 61.8 Å². The second-order valence-corrected chi connectivity index (χ2v) is 5.11. The van der Waals surface area contributed by atoms with Crippen molar-refractivity contribution in [1.82, 2.24) is 9.13 Å². The third-order valence-corrected chi connectivity index (χ3v) is 3.57. The van der Waals surface area contributed by atoms with Crippen LogP contribution in [0, 0.1) is 23.0 Å². The average Bonchev–Trinajstić information content (AvgIpc) is 2.57. The fraction of sp³-hybridized carbons (Fsp3) is 0.267. The lowest BCUT2D eigenvalue weighted by Crippen LogP contribution is -2.40. The SMILES string of the molecule is Cn1c(NC[C@@H](O)c2ccc(F)c(F)c2)c(C#N)c(=O)n(C)c1=O. The number of aliphatic hydroxyl groups is 1. The number of aliphatic hydroxyl groups excluding tert-OH is 1. The zero-order chi connectivity index (χ0) is 18.0.